The van der Waals surface area contributed by atoms with E-state index in [0.717, 1.165) is 17.1 Å². The Bertz CT molecular complexity index is 198. The Labute approximate surface area is 78.3 Å². The van der Waals surface area contributed by atoms with Crippen LogP contribution in [-0.2, 0) is 0 Å². The van der Waals surface area contributed by atoms with Gasteiger partial charge in [0.05, 0.1) is 11.7 Å². The van der Waals surface area contributed by atoms with Crippen LogP contribution in [0.1, 0.15) is 27.2 Å². The molecule has 0 atom stereocenters. The van der Waals surface area contributed by atoms with Crippen molar-refractivity contribution < 1.29 is 5.11 Å². The second-order valence-corrected chi connectivity index (χ2v) is 4.18. The van der Waals surface area contributed by atoms with E-state index in [1.165, 1.54) is 6.08 Å². The summed E-state index contributed by atoms with van der Waals surface area (Å²) in [5.41, 5.74) is -0.879. The van der Waals surface area contributed by atoms with Gasteiger partial charge in [-0.2, -0.15) is 5.26 Å². The van der Waals surface area contributed by atoms with Crippen molar-refractivity contribution >= 4 is 11.8 Å². The number of allylic oxidation sites excluding steroid dienone is 1. The Morgan fingerprint density at radius 3 is 2.58 bits per heavy atom. The largest absolute Gasteiger partial charge is 0.385 e. The number of thioether (sulfide) groups is 1. The lowest BCUT2D eigenvalue weighted by atomic mass is 10.1. The van der Waals surface area contributed by atoms with Crippen molar-refractivity contribution in [3.63, 3.8) is 0 Å². The highest BCUT2D eigenvalue weighted by atomic mass is 32.2. The lowest BCUT2D eigenvalue weighted by molar-refractivity contribution is 0.129. The van der Waals surface area contributed by atoms with Crippen molar-refractivity contribution in [2.45, 2.75) is 32.8 Å². The average Bonchev–Trinajstić information content (AvgIpc) is 1.95. The van der Waals surface area contributed by atoms with Gasteiger partial charge in [0.15, 0.2) is 0 Å². The minimum atomic E-state index is -0.879. The van der Waals surface area contributed by atoms with E-state index >= 15 is 0 Å². The molecule has 0 spiro atoms. The SMILES string of the molecule is CCCS/C(=C\C#N)C(C)(C)O. The zero-order valence-corrected chi connectivity index (χ0v) is 8.61. The van der Waals surface area contributed by atoms with Gasteiger partial charge in [0.25, 0.3) is 0 Å². The first-order valence-corrected chi connectivity index (χ1v) is 4.96. The molecule has 0 aromatic rings. The highest BCUT2D eigenvalue weighted by Crippen LogP contribution is 2.27. The van der Waals surface area contributed by atoms with E-state index in [2.05, 4.69) is 6.92 Å². The summed E-state index contributed by atoms with van der Waals surface area (Å²) in [7, 11) is 0. The van der Waals surface area contributed by atoms with Gasteiger partial charge in [0.1, 0.15) is 0 Å². The highest BCUT2D eigenvalue weighted by molar-refractivity contribution is 8.03. The fraction of sp³-hybridized carbons (Fsp3) is 0.667. The first-order chi connectivity index (χ1) is 5.52. The van der Waals surface area contributed by atoms with Crippen LogP contribution >= 0.6 is 11.8 Å². The molecule has 0 rings (SSSR count). The van der Waals surface area contributed by atoms with Crippen LogP contribution in [0.5, 0.6) is 0 Å². The summed E-state index contributed by atoms with van der Waals surface area (Å²) in [4.78, 5) is 0.742. The highest BCUT2D eigenvalue weighted by Gasteiger charge is 2.18. The molecule has 0 aliphatic rings. The van der Waals surface area contributed by atoms with Gasteiger partial charge in [-0.1, -0.05) is 6.92 Å². The van der Waals surface area contributed by atoms with Gasteiger partial charge in [-0.3, -0.25) is 0 Å². The molecule has 3 heteroatoms. The number of nitrogens with zero attached hydrogens (tertiary/aromatic N) is 1. The standard InChI is InChI=1S/C9H15NOS/c1-4-7-12-8(5-6-10)9(2,3)11/h5,11H,4,7H2,1-3H3/b8-5-. The predicted molar refractivity (Wildman–Crippen MR) is 52.7 cm³/mol. The molecule has 68 valence electrons. The Kier molecular flexibility index (Phi) is 5.03. The second kappa shape index (κ2) is 5.23. The number of aliphatic hydroxyl groups is 1. The molecule has 0 aromatic carbocycles. The number of nitriles is 1. The van der Waals surface area contributed by atoms with Crippen LogP contribution in [0.4, 0.5) is 0 Å². The zero-order valence-electron chi connectivity index (χ0n) is 7.79. The van der Waals surface area contributed by atoms with Crippen molar-refractivity contribution in [1.29, 1.82) is 5.26 Å². The van der Waals surface area contributed by atoms with Crippen molar-refractivity contribution in [3.8, 4) is 6.07 Å². The van der Waals surface area contributed by atoms with Gasteiger partial charge >= 0.3 is 0 Å². The Morgan fingerprint density at radius 2 is 2.25 bits per heavy atom. The molecule has 0 radical (unpaired) electrons. The second-order valence-electron chi connectivity index (χ2n) is 3.05. The quantitative estimate of drug-likeness (QED) is 0.683. The molecule has 0 amide bonds. The normalized spacial score (nSPS) is 12.8. The minimum absolute atomic E-state index is 0.742. The predicted octanol–water partition coefficient (Wildman–Crippen LogP) is 2.31. The van der Waals surface area contributed by atoms with Crippen LogP contribution in [0.15, 0.2) is 11.0 Å². The van der Waals surface area contributed by atoms with Crippen molar-refractivity contribution in [2.24, 2.45) is 0 Å². The summed E-state index contributed by atoms with van der Waals surface area (Å²) >= 11 is 1.54. The summed E-state index contributed by atoms with van der Waals surface area (Å²) < 4.78 is 0. The third-order valence-electron chi connectivity index (χ3n) is 1.26. The number of hydrogen-bond donors (Lipinski definition) is 1. The van der Waals surface area contributed by atoms with Crippen LogP contribution in [-0.4, -0.2) is 16.5 Å². The molecule has 0 aliphatic heterocycles. The first kappa shape index (κ1) is 11.5. The molecule has 0 saturated carbocycles. The average molecular weight is 185 g/mol. The van der Waals surface area contributed by atoms with E-state index in [1.54, 1.807) is 25.6 Å². The summed E-state index contributed by atoms with van der Waals surface area (Å²) in [5, 5.41) is 18.0. The molecule has 0 saturated heterocycles. The topological polar surface area (TPSA) is 44.0 Å². The van der Waals surface area contributed by atoms with Crippen LogP contribution < -0.4 is 0 Å². The third-order valence-corrected chi connectivity index (χ3v) is 2.80. The molecule has 1 N–H and O–H groups in total. The van der Waals surface area contributed by atoms with E-state index in [-0.39, 0.29) is 0 Å². The number of hydrogen-bond acceptors (Lipinski definition) is 3. The molecule has 0 aliphatic carbocycles. The fourth-order valence-electron chi connectivity index (χ4n) is 0.666. The Balaban J connectivity index is 4.28. The monoisotopic (exact) mass is 185 g/mol. The van der Waals surface area contributed by atoms with Crippen LogP contribution in [0, 0.1) is 11.3 Å². The van der Waals surface area contributed by atoms with Gasteiger partial charge in [0.2, 0.25) is 0 Å². The van der Waals surface area contributed by atoms with Gasteiger partial charge < -0.3 is 5.11 Å². The third kappa shape index (κ3) is 4.42. The van der Waals surface area contributed by atoms with E-state index in [0.29, 0.717) is 0 Å². The molecular weight excluding hydrogens is 170 g/mol. The maximum absolute atomic E-state index is 9.59. The molecule has 0 aromatic heterocycles. The van der Waals surface area contributed by atoms with Gasteiger partial charge in [-0.15, -0.1) is 11.8 Å². The van der Waals surface area contributed by atoms with E-state index < -0.39 is 5.60 Å². The van der Waals surface area contributed by atoms with E-state index in [1.807, 2.05) is 6.07 Å². The lowest BCUT2D eigenvalue weighted by Gasteiger charge is -2.19. The zero-order chi connectivity index (χ0) is 9.61. The molecular formula is C9H15NOS. The Hall–Kier alpha value is -0.460. The maximum Gasteiger partial charge on any atom is 0.0921 e. The molecule has 12 heavy (non-hydrogen) atoms. The maximum atomic E-state index is 9.59. The Morgan fingerprint density at radius 1 is 1.67 bits per heavy atom. The van der Waals surface area contributed by atoms with Crippen LogP contribution in [0.3, 0.4) is 0 Å². The van der Waals surface area contributed by atoms with Gasteiger partial charge in [-0.25, -0.2) is 0 Å². The first-order valence-electron chi connectivity index (χ1n) is 3.97. The molecule has 0 fully saturated rings. The van der Waals surface area contributed by atoms with Crippen LogP contribution in [0.2, 0.25) is 0 Å². The van der Waals surface area contributed by atoms with E-state index in [4.69, 9.17) is 5.26 Å². The van der Waals surface area contributed by atoms with Gasteiger partial charge in [0, 0.05) is 11.0 Å². The molecule has 0 bridgehead atoms. The number of rotatable bonds is 4. The summed E-state index contributed by atoms with van der Waals surface area (Å²) in [6, 6.07) is 1.94. The summed E-state index contributed by atoms with van der Waals surface area (Å²) in [6.45, 7) is 5.46. The minimum Gasteiger partial charge on any atom is -0.385 e. The fourth-order valence-corrected chi connectivity index (χ4v) is 1.58. The smallest absolute Gasteiger partial charge is 0.0921 e. The summed E-state index contributed by atoms with van der Waals surface area (Å²) in [5.74, 6) is 0.942. The van der Waals surface area contributed by atoms with Crippen LogP contribution in [0.25, 0.3) is 0 Å². The lowest BCUT2D eigenvalue weighted by Crippen LogP contribution is -2.20. The molecule has 0 heterocycles. The van der Waals surface area contributed by atoms with Gasteiger partial charge in [-0.05, 0) is 26.0 Å². The van der Waals surface area contributed by atoms with Crippen molar-refractivity contribution in [1.82, 2.24) is 0 Å². The summed E-state index contributed by atoms with van der Waals surface area (Å²) in [6.07, 6.45) is 2.46. The van der Waals surface area contributed by atoms with Crippen molar-refractivity contribution in [2.75, 3.05) is 5.75 Å². The van der Waals surface area contributed by atoms with E-state index in [9.17, 15) is 5.11 Å². The molecule has 2 nitrogen and oxygen atoms in total. The molecule has 0 unspecified atom stereocenters. The van der Waals surface area contributed by atoms with Crippen molar-refractivity contribution in [3.05, 3.63) is 11.0 Å².